The van der Waals surface area contributed by atoms with Crippen LogP contribution in [0.2, 0.25) is 0 Å². The molecule has 2 atom stereocenters. The van der Waals surface area contributed by atoms with Crippen molar-refractivity contribution >= 4 is 5.97 Å². The SMILES string of the molecule is CC(CNCC1CCCCN1C)C(=O)O. The minimum Gasteiger partial charge on any atom is -0.481 e. The Kier molecular flexibility index (Phi) is 5.05. The second-order valence-corrected chi connectivity index (χ2v) is 4.53. The Morgan fingerprint density at radius 3 is 2.93 bits per heavy atom. The van der Waals surface area contributed by atoms with Crippen molar-refractivity contribution in [2.75, 3.05) is 26.7 Å². The number of hydrogen-bond acceptors (Lipinski definition) is 3. The maximum Gasteiger partial charge on any atom is 0.307 e. The number of rotatable bonds is 5. The number of carbonyl (C=O) groups is 1. The lowest BCUT2D eigenvalue weighted by Gasteiger charge is -2.32. The first-order chi connectivity index (χ1) is 7.11. The molecule has 0 aromatic carbocycles. The van der Waals surface area contributed by atoms with Crippen LogP contribution in [-0.4, -0.2) is 48.7 Å². The Morgan fingerprint density at radius 2 is 2.33 bits per heavy atom. The average Bonchev–Trinajstić information content (AvgIpc) is 2.20. The Morgan fingerprint density at radius 1 is 1.60 bits per heavy atom. The molecule has 1 rings (SSSR count). The third-order valence-corrected chi connectivity index (χ3v) is 3.17. The number of nitrogens with zero attached hydrogens (tertiary/aromatic N) is 1. The fourth-order valence-electron chi connectivity index (χ4n) is 1.96. The molecule has 15 heavy (non-hydrogen) atoms. The molecule has 0 aliphatic carbocycles. The van der Waals surface area contributed by atoms with Gasteiger partial charge in [0.05, 0.1) is 5.92 Å². The molecule has 88 valence electrons. The van der Waals surface area contributed by atoms with E-state index >= 15 is 0 Å². The van der Waals surface area contributed by atoms with E-state index in [-0.39, 0.29) is 5.92 Å². The van der Waals surface area contributed by atoms with Crippen molar-refractivity contribution in [1.82, 2.24) is 10.2 Å². The zero-order valence-corrected chi connectivity index (χ0v) is 9.70. The molecule has 1 aliphatic heterocycles. The summed E-state index contributed by atoms with van der Waals surface area (Å²) in [5.41, 5.74) is 0. The monoisotopic (exact) mass is 214 g/mol. The van der Waals surface area contributed by atoms with Gasteiger partial charge in [-0.05, 0) is 26.4 Å². The van der Waals surface area contributed by atoms with Gasteiger partial charge in [0.15, 0.2) is 0 Å². The van der Waals surface area contributed by atoms with Crippen molar-refractivity contribution < 1.29 is 9.90 Å². The van der Waals surface area contributed by atoms with Crippen LogP contribution < -0.4 is 5.32 Å². The van der Waals surface area contributed by atoms with E-state index in [1.54, 1.807) is 6.92 Å². The molecule has 2 unspecified atom stereocenters. The van der Waals surface area contributed by atoms with Crippen molar-refractivity contribution in [3.63, 3.8) is 0 Å². The molecule has 0 aromatic heterocycles. The Balaban J connectivity index is 2.16. The third-order valence-electron chi connectivity index (χ3n) is 3.17. The van der Waals surface area contributed by atoms with Crippen molar-refractivity contribution in [2.45, 2.75) is 32.2 Å². The van der Waals surface area contributed by atoms with Crippen LogP contribution in [-0.2, 0) is 4.79 Å². The number of carboxylic acids is 1. The normalized spacial score (nSPS) is 25.1. The lowest BCUT2D eigenvalue weighted by atomic mass is 10.0. The minimum absolute atomic E-state index is 0.293. The zero-order chi connectivity index (χ0) is 11.3. The highest BCUT2D eigenvalue weighted by Crippen LogP contribution is 2.13. The summed E-state index contributed by atoms with van der Waals surface area (Å²) >= 11 is 0. The van der Waals surface area contributed by atoms with Gasteiger partial charge in [-0.1, -0.05) is 13.3 Å². The van der Waals surface area contributed by atoms with E-state index in [0.29, 0.717) is 12.6 Å². The predicted molar refractivity (Wildman–Crippen MR) is 59.9 cm³/mol. The molecule has 1 heterocycles. The van der Waals surface area contributed by atoms with Crippen LogP contribution in [0.4, 0.5) is 0 Å². The van der Waals surface area contributed by atoms with Crippen LogP contribution in [0.3, 0.4) is 0 Å². The molecular formula is C11H22N2O2. The lowest BCUT2D eigenvalue weighted by molar-refractivity contribution is -0.140. The first-order valence-electron chi connectivity index (χ1n) is 5.75. The predicted octanol–water partition coefficient (Wildman–Crippen LogP) is 0.781. The number of piperidine rings is 1. The summed E-state index contributed by atoms with van der Waals surface area (Å²) in [6.07, 6.45) is 3.81. The fraction of sp³-hybridized carbons (Fsp3) is 0.909. The van der Waals surface area contributed by atoms with Gasteiger partial charge in [-0.15, -0.1) is 0 Å². The summed E-state index contributed by atoms with van der Waals surface area (Å²) < 4.78 is 0. The molecule has 0 spiro atoms. The Hall–Kier alpha value is -0.610. The molecule has 4 nitrogen and oxygen atoms in total. The number of nitrogens with one attached hydrogen (secondary N) is 1. The Labute approximate surface area is 91.6 Å². The zero-order valence-electron chi connectivity index (χ0n) is 9.70. The summed E-state index contributed by atoms with van der Waals surface area (Å²) in [5, 5.41) is 12.0. The summed E-state index contributed by atoms with van der Waals surface area (Å²) in [5.74, 6) is -1.02. The number of likely N-dealkylation sites (tertiary alicyclic amines) is 1. The van der Waals surface area contributed by atoms with Gasteiger partial charge in [-0.2, -0.15) is 0 Å². The maximum absolute atomic E-state index is 10.6. The van der Waals surface area contributed by atoms with Crippen LogP contribution in [0.25, 0.3) is 0 Å². The highest BCUT2D eigenvalue weighted by molar-refractivity contribution is 5.69. The van der Waals surface area contributed by atoms with E-state index in [9.17, 15) is 4.79 Å². The van der Waals surface area contributed by atoms with E-state index in [1.807, 2.05) is 0 Å². The molecule has 1 saturated heterocycles. The van der Waals surface area contributed by atoms with Gasteiger partial charge in [0.1, 0.15) is 0 Å². The van der Waals surface area contributed by atoms with Gasteiger partial charge in [0, 0.05) is 19.1 Å². The molecule has 0 aromatic rings. The third kappa shape index (κ3) is 4.18. The summed E-state index contributed by atoms with van der Waals surface area (Å²) in [6.45, 7) is 4.38. The van der Waals surface area contributed by atoms with Crippen molar-refractivity contribution in [3.8, 4) is 0 Å². The largest absolute Gasteiger partial charge is 0.481 e. The lowest BCUT2D eigenvalue weighted by Crippen LogP contribution is -2.44. The highest BCUT2D eigenvalue weighted by Gasteiger charge is 2.19. The van der Waals surface area contributed by atoms with Gasteiger partial charge in [0.25, 0.3) is 0 Å². The molecule has 0 amide bonds. The molecule has 4 heteroatoms. The van der Waals surface area contributed by atoms with Crippen LogP contribution in [0.1, 0.15) is 26.2 Å². The molecule has 2 N–H and O–H groups in total. The van der Waals surface area contributed by atoms with Gasteiger partial charge >= 0.3 is 5.97 Å². The van der Waals surface area contributed by atoms with Gasteiger partial charge in [0.2, 0.25) is 0 Å². The average molecular weight is 214 g/mol. The van der Waals surface area contributed by atoms with E-state index in [1.165, 1.54) is 25.8 Å². The standard InChI is InChI=1S/C11H22N2O2/c1-9(11(14)15)7-12-8-10-5-3-4-6-13(10)2/h9-10,12H,3-8H2,1-2H3,(H,14,15). The van der Waals surface area contributed by atoms with E-state index in [0.717, 1.165) is 6.54 Å². The van der Waals surface area contributed by atoms with Crippen LogP contribution in [0.5, 0.6) is 0 Å². The molecular weight excluding hydrogens is 192 g/mol. The summed E-state index contributed by atoms with van der Waals surface area (Å²) in [7, 11) is 2.14. The van der Waals surface area contributed by atoms with Gasteiger partial charge < -0.3 is 15.3 Å². The quantitative estimate of drug-likeness (QED) is 0.710. The topological polar surface area (TPSA) is 52.6 Å². The highest BCUT2D eigenvalue weighted by atomic mass is 16.4. The smallest absolute Gasteiger partial charge is 0.307 e. The maximum atomic E-state index is 10.6. The van der Waals surface area contributed by atoms with Gasteiger partial charge in [-0.3, -0.25) is 4.79 Å². The summed E-state index contributed by atoms with van der Waals surface area (Å²) in [6, 6.07) is 0.583. The molecule has 0 bridgehead atoms. The summed E-state index contributed by atoms with van der Waals surface area (Å²) in [4.78, 5) is 13.0. The number of hydrogen-bond donors (Lipinski definition) is 2. The molecule has 1 aliphatic rings. The second-order valence-electron chi connectivity index (χ2n) is 4.53. The Bertz CT molecular complexity index is 209. The van der Waals surface area contributed by atoms with E-state index in [4.69, 9.17) is 5.11 Å². The van der Waals surface area contributed by atoms with Crippen LogP contribution >= 0.6 is 0 Å². The van der Waals surface area contributed by atoms with E-state index in [2.05, 4.69) is 17.3 Å². The minimum atomic E-state index is -0.723. The molecule has 1 fully saturated rings. The number of aliphatic carboxylic acids is 1. The first kappa shape index (κ1) is 12.5. The van der Waals surface area contributed by atoms with Gasteiger partial charge in [-0.25, -0.2) is 0 Å². The van der Waals surface area contributed by atoms with Crippen molar-refractivity contribution in [3.05, 3.63) is 0 Å². The first-order valence-corrected chi connectivity index (χ1v) is 5.75. The number of likely N-dealkylation sites (N-methyl/N-ethyl adjacent to an activating group) is 1. The molecule has 0 saturated carbocycles. The van der Waals surface area contributed by atoms with Crippen LogP contribution in [0, 0.1) is 5.92 Å². The second kappa shape index (κ2) is 6.08. The number of carboxylic acid groups (broad SMARTS) is 1. The van der Waals surface area contributed by atoms with E-state index < -0.39 is 5.97 Å². The van der Waals surface area contributed by atoms with Crippen LogP contribution in [0.15, 0.2) is 0 Å². The van der Waals surface area contributed by atoms with Crippen molar-refractivity contribution in [2.24, 2.45) is 5.92 Å². The fourth-order valence-corrected chi connectivity index (χ4v) is 1.96. The molecule has 0 radical (unpaired) electrons. The van der Waals surface area contributed by atoms with Crippen molar-refractivity contribution in [1.29, 1.82) is 0 Å².